The van der Waals surface area contributed by atoms with Crippen molar-refractivity contribution in [1.82, 2.24) is 5.32 Å². The second-order valence-corrected chi connectivity index (χ2v) is 29.2. The van der Waals surface area contributed by atoms with Crippen LogP contribution in [0.4, 0.5) is 0 Å². The summed E-state index contributed by atoms with van der Waals surface area (Å²) < 4.78 is 5.51. The molecule has 0 aromatic heterocycles. The summed E-state index contributed by atoms with van der Waals surface area (Å²) in [7, 11) is 0. The molecule has 0 heterocycles. The monoisotopic (exact) mass is 1290 g/mol. The lowest BCUT2D eigenvalue weighted by Crippen LogP contribution is -2.45. The molecule has 0 rings (SSSR count). The minimum absolute atomic E-state index is 0.0173. The van der Waals surface area contributed by atoms with Gasteiger partial charge in [0.2, 0.25) is 5.91 Å². The maximum atomic E-state index is 12.5. The highest BCUT2D eigenvalue weighted by atomic mass is 16.5. The van der Waals surface area contributed by atoms with Gasteiger partial charge >= 0.3 is 5.97 Å². The van der Waals surface area contributed by atoms with Gasteiger partial charge in [-0.25, -0.2) is 0 Å². The third-order valence-electron chi connectivity index (χ3n) is 19.9. The average Bonchev–Trinajstić information content (AvgIpc) is 3.61. The molecule has 0 saturated heterocycles. The minimum atomic E-state index is -0.841. The van der Waals surface area contributed by atoms with Crippen LogP contribution in [0.15, 0.2) is 36.5 Å². The van der Waals surface area contributed by atoms with Crippen molar-refractivity contribution in [2.75, 3.05) is 13.2 Å². The molecule has 0 saturated carbocycles. The zero-order valence-corrected chi connectivity index (χ0v) is 62.6. The first-order valence-electron chi connectivity index (χ1n) is 42.3. The summed E-state index contributed by atoms with van der Waals surface area (Å²) in [6.45, 7) is 4.94. The fraction of sp³-hybridized carbons (Fsp3) is 0.907. The quantitative estimate of drug-likeness (QED) is 0.0320. The van der Waals surface area contributed by atoms with Crippen molar-refractivity contribution in [3.63, 3.8) is 0 Å². The molecule has 6 heteroatoms. The Morgan fingerprint density at radius 2 is 0.543 bits per heavy atom. The first kappa shape index (κ1) is 90.1. The summed E-state index contributed by atoms with van der Waals surface area (Å²) >= 11 is 0. The van der Waals surface area contributed by atoms with E-state index in [1.165, 1.54) is 398 Å². The molecule has 544 valence electrons. The zero-order chi connectivity index (χ0) is 66.3. The van der Waals surface area contributed by atoms with Crippen molar-refractivity contribution >= 4 is 11.9 Å². The SMILES string of the molecule is CCCCCC/C=C\C/C=C\CCCCCCCCCC(=O)OCCCCCCCCCCCCCCCCCCCCCCCCCCCCCCCCCCCCCCCCCC(=O)NC(CO)C(O)/C=C/CCCCCCCCCCCCCCCCCC. The lowest BCUT2D eigenvalue weighted by atomic mass is 10.0. The fourth-order valence-electron chi connectivity index (χ4n) is 13.5. The molecule has 0 bridgehead atoms. The lowest BCUT2D eigenvalue weighted by molar-refractivity contribution is -0.143. The number of allylic oxidation sites excluding steroid dienone is 5. The van der Waals surface area contributed by atoms with E-state index in [9.17, 15) is 19.8 Å². The predicted octanol–water partition coefficient (Wildman–Crippen LogP) is 28.2. The van der Waals surface area contributed by atoms with E-state index in [-0.39, 0.29) is 18.5 Å². The van der Waals surface area contributed by atoms with Crippen LogP contribution >= 0.6 is 0 Å². The van der Waals surface area contributed by atoms with Crippen LogP contribution in [-0.2, 0) is 14.3 Å². The van der Waals surface area contributed by atoms with Gasteiger partial charge in [0.15, 0.2) is 0 Å². The molecule has 0 aliphatic rings. The second kappa shape index (κ2) is 81.5. The Balaban J connectivity index is 3.30. The van der Waals surface area contributed by atoms with Gasteiger partial charge in [0.05, 0.1) is 25.4 Å². The molecular formula is C86H165NO5. The molecular weight excluding hydrogens is 1130 g/mol. The zero-order valence-electron chi connectivity index (χ0n) is 62.6. The van der Waals surface area contributed by atoms with Crippen LogP contribution in [0.5, 0.6) is 0 Å². The standard InChI is InChI=1S/C86H165NO5/c1-3-5-7-9-11-13-15-17-19-21-46-50-54-58-62-66-70-74-78-84(89)83(82-88)87-85(90)79-75-71-67-63-59-55-51-47-44-42-40-38-36-34-32-30-28-26-24-23-25-27-29-31-33-35-37-39-41-43-45-49-53-57-61-65-69-73-77-81-92-86(91)80-76-72-68-64-60-56-52-48-22-20-18-16-14-12-10-8-6-4-2/h14,16,20,22,74,78,83-84,88-89H,3-13,15,17-19,21,23-73,75-77,79-82H2,1-2H3,(H,87,90)/b16-14-,22-20-,78-74+. The summed E-state index contributed by atoms with van der Waals surface area (Å²) in [5.74, 6) is -0.0404. The van der Waals surface area contributed by atoms with Crippen LogP contribution in [0.3, 0.4) is 0 Å². The van der Waals surface area contributed by atoms with Gasteiger partial charge in [-0.3, -0.25) is 9.59 Å². The van der Waals surface area contributed by atoms with Crippen LogP contribution in [0.2, 0.25) is 0 Å². The number of carbonyl (C=O) groups is 2. The number of aliphatic hydroxyl groups excluding tert-OH is 2. The largest absolute Gasteiger partial charge is 0.466 e. The van der Waals surface area contributed by atoms with Crippen molar-refractivity contribution in [3.05, 3.63) is 36.5 Å². The van der Waals surface area contributed by atoms with E-state index in [0.717, 1.165) is 51.4 Å². The predicted molar refractivity (Wildman–Crippen MR) is 407 cm³/mol. The van der Waals surface area contributed by atoms with Crippen molar-refractivity contribution in [2.45, 2.75) is 488 Å². The Bertz CT molecular complexity index is 1490. The van der Waals surface area contributed by atoms with E-state index >= 15 is 0 Å². The van der Waals surface area contributed by atoms with Crippen LogP contribution < -0.4 is 5.32 Å². The van der Waals surface area contributed by atoms with Gasteiger partial charge in [0.25, 0.3) is 0 Å². The average molecular weight is 1290 g/mol. The first-order chi connectivity index (χ1) is 45.5. The molecule has 0 aromatic carbocycles. The number of rotatable bonds is 80. The third kappa shape index (κ3) is 77.1. The molecule has 0 aliphatic carbocycles. The van der Waals surface area contributed by atoms with E-state index in [1.54, 1.807) is 6.08 Å². The molecule has 0 radical (unpaired) electrons. The molecule has 0 aromatic rings. The number of hydrogen-bond donors (Lipinski definition) is 3. The van der Waals surface area contributed by atoms with Gasteiger partial charge in [0, 0.05) is 12.8 Å². The summed E-state index contributed by atoms with van der Waals surface area (Å²) in [6.07, 6.45) is 107. The summed E-state index contributed by atoms with van der Waals surface area (Å²) in [5, 5.41) is 23.3. The van der Waals surface area contributed by atoms with E-state index < -0.39 is 12.1 Å². The van der Waals surface area contributed by atoms with Gasteiger partial charge in [-0.2, -0.15) is 0 Å². The van der Waals surface area contributed by atoms with Gasteiger partial charge in [-0.05, 0) is 64.2 Å². The Hall–Kier alpha value is -1.92. The molecule has 92 heavy (non-hydrogen) atoms. The smallest absolute Gasteiger partial charge is 0.305 e. The van der Waals surface area contributed by atoms with Gasteiger partial charge < -0.3 is 20.3 Å². The molecule has 2 atom stereocenters. The van der Waals surface area contributed by atoms with E-state index in [1.807, 2.05) is 6.08 Å². The number of ether oxygens (including phenoxy) is 1. The number of hydrogen-bond acceptors (Lipinski definition) is 5. The van der Waals surface area contributed by atoms with Crippen molar-refractivity contribution in [2.24, 2.45) is 0 Å². The summed E-state index contributed by atoms with van der Waals surface area (Å²) in [4.78, 5) is 24.7. The topological polar surface area (TPSA) is 95.9 Å². The highest BCUT2D eigenvalue weighted by molar-refractivity contribution is 5.76. The van der Waals surface area contributed by atoms with Gasteiger partial charge in [0.1, 0.15) is 0 Å². The molecule has 3 N–H and O–H groups in total. The highest BCUT2D eigenvalue weighted by Crippen LogP contribution is 2.20. The molecule has 6 nitrogen and oxygen atoms in total. The maximum absolute atomic E-state index is 12.5. The summed E-state index contributed by atoms with van der Waals surface area (Å²) in [6, 6.07) is -0.624. The summed E-state index contributed by atoms with van der Waals surface area (Å²) in [5.41, 5.74) is 0. The van der Waals surface area contributed by atoms with E-state index in [0.29, 0.717) is 19.4 Å². The lowest BCUT2D eigenvalue weighted by Gasteiger charge is -2.20. The van der Waals surface area contributed by atoms with Crippen LogP contribution in [0, 0.1) is 0 Å². The number of unbranched alkanes of at least 4 members (excludes halogenated alkanes) is 65. The molecule has 1 amide bonds. The number of amides is 1. The maximum Gasteiger partial charge on any atom is 0.305 e. The van der Waals surface area contributed by atoms with Crippen LogP contribution in [0.1, 0.15) is 476 Å². The normalized spacial score (nSPS) is 12.6. The van der Waals surface area contributed by atoms with E-state index in [4.69, 9.17) is 4.74 Å². The fourth-order valence-corrected chi connectivity index (χ4v) is 13.5. The molecule has 0 aliphatic heterocycles. The van der Waals surface area contributed by atoms with Crippen LogP contribution in [-0.4, -0.2) is 47.4 Å². The number of esters is 1. The number of carbonyl (C=O) groups excluding carboxylic acids is 2. The van der Waals surface area contributed by atoms with Crippen molar-refractivity contribution in [3.8, 4) is 0 Å². The van der Waals surface area contributed by atoms with Crippen molar-refractivity contribution < 1.29 is 24.5 Å². The van der Waals surface area contributed by atoms with Crippen LogP contribution in [0.25, 0.3) is 0 Å². The number of nitrogens with one attached hydrogen (secondary N) is 1. The number of aliphatic hydroxyl groups is 2. The Morgan fingerprint density at radius 1 is 0.304 bits per heavy atom. The Morgan fingerprint density at radius 3 is 0.837 bits per heavy atom. The Labute approximate surface area is 576 Å². The minimum Gasteiger partial charge on any atom is -0.466 e. The second-order valence-electron chi connectivity index (χ2n) is 29.2. The van der Waals surface area contributed by atoms with E-state index in [2.05, 4.69) is 43.5 Å². The molecule has 0 spiro atoms. The third-order valence-corrected chi connectivity index (χ3v) is 19.9. The first-order valence-corrected chi connectivity index (χ1v) is 42.3. The molecule has 2 unspecified atom stereocenters. The highest BCUT2D eigenvalue weighted by Gasteiger charge is 2.18. The van der Waals surface area contributed by atoms with Gasteiger partial charge in [-0.1, -0.05) is 436 Å². The van der Waals surface area contributed by atoms with Gasteiger partial charge in [-0.15, -0.1) is 0 Å². The molecule has 0 fully saturated rings. The Kier molecular flexibility index (Phi) is 79.8. The van der Waals surface area contributed by atoms with Crippen molar-refractivity contribution in [1.29, 1.82) is 0 Å².